The molecule has 1 aliphatic heterocycles. The zero-order chi connectivity index (χ0) is 17.3. The maximum Gasteiger partial charge on any atom is 0.270 e. The molecule has 3 N–H and O–H groups in total. The smallest absolute Gasteiger partial charge is 0.270 e. The molecule has 24 heavy (non-hydrogen) atoms. The Morgan fingerprint density at radius 1 is 1.42 bits per heavy atom. The van der Waals surface area contributed by atoms with Crippen molar-refractivity contribution in [3.05, 3.63) is 40.2 Å². The Labute approximate surface area is 143 Å². The van der Waals surface area contributed by atoms with E-state index in [1.54, 1.807) is 0 Å². The lowest BCUT2D eigenvalue weighted by Crippen LogP contribution is -2.33. The monoisotopic (exact) mass is 348 g/mol. The molecule has 2 amide bonds. The molecule has 0 saturated heterocycles. The van der Waals surface area contributed by atoms with Crippen LogP contribution in [0.3, 0.4) is 0 Å². The molecule has 0 aromatic carbocycles. The fourth-order valence-electron chi connectivity index (χ4n) is 2.66. The molecule has 1 aliphatic rings. The Morgan fingerprint density at radius 2 is 2.21 bits per heavy atom. The average molecular weight is 349 g/mol. The predicted octanol–water partition coefficient (Wildman–Crippen LogP) is 1.25. The number of amides is 2. The van der Waals surface area contributed by atoms with Gasteiger partial charge in [-0.2, -0.15) is 5.10 Å². The number of carbonyl (C=O) groups excluding carboxylic acids is 2. The first kappa shape index (κ1) is 16.4. The quantitative estimate of drug-likeness (QED) is 0.807. The van der Waals surface area contributed by atoms with Gasteiger partial charge in [0.1, 0.15) is 16.7 Å². The van der Waals surface area contributed by atoms with Gasteiger partial charge < -0.3 is 11.1 Å². The topological polar surface area (TPSA) is 116 Å². The van der Waals surface area contributed by atoms with E-state index in [0.717, 1.165) is 37.5 Å². The highest BCUT2D eigenvalue weighted by atomic mass is 35.5. The number of carbonyl (C=O) groups is 2. The standard InChI is InChI=1S/C15H17ClN6O2/c1-2-11-20-14-9(4-3-7-22(14)21-11)19-15(24)10-6-5-8(13(17)23)12(16)18-10/h5-6,9H,2-4,7H2,1H3,(H2,17,23)(H,19,24)/t9-/m1/s1. The first-order valence-corrected chi connectivity index (χ1v) is 8.08. The molecule has 0 fully saturated rings. The molecule has 9 heteroatoms. The van der Waals surface area contributed by atoms with E-state index < -0.39 is 5.91 Å². The number of hydrogen-bond donors (Lipinski definition) is 2. The normalized spacial score (nSPS) is 16.5. The summed E-state index contributed by atoms with van der Waals surface area (Å²) in [5, 5.41) is 7.23. The highest BCUT2D eigenvalue weighted by Gasteiger charge is 2.26. The zero-order valence-corrected chi connectivity index (χ0v) is 13.9. The minimum atomic E-state index is -0.688. The Kier molecular flexibility index (Phi) is 4.48. The van der Waals surface area contributed by atoms with Crippen LogP contribution in [0.25, 0.3) is 0 Å². The Bertz CT molecular complexity index is 803. The number of pyridine rings is 1. The molecule has 0 saturated carbocycles. The predicted molar refractivity (Wildman–Crippen MR) is 86.6 cm³/mol. The summed E-state index contributed by atoms with van der Waals surface area (Å²) in [6, 6.07) is 2.59. The van der Waals surface area contributed by atoms with E-state index in [9.17, 15) is 9.59 Å². The summed E-state index contributed by atoms with van der Waals surface area (Å²) in [5.41, 5.74) is 5.38. The molecule has 2 aromatic heterocycles. The third-order valence-electron chi connectivity index (χ3n) is 3.89. The summed E-state index contributed by atoms with van der Waals surface area (Å²) in [5.74, 6) is 0.448. The van der Waals surface area contributed by atoms with Crippen molar-refractivity contribution >= 4 is 23.4 Å². The number of rotatable bonds is 4. The molecule has 0 bridgehead atoms. The molecule has 3 heterocycles. The first-order chi connectivity index (χ1) is 11.5. The number of fused-ring (bicyclic) bond motifs is 1. The van der Waals surface area contributed by atoms with Gasteiger partial charge in [-0.25, -0.2) is 14.6 Å². The van der Waals surface area contributed by atoms with Gasteiger partial charge in [-0.15, -0.1) is 0 Å². The molecule has 3 rings (SSSR count). The summed E-state index contributed by atoms with van der Waals surface area (Å²) < 4.78 is 1.84. The van der Waals surface area contributed by atoms with Crippen molar-refractivity contribution in [2.45, 2.75) is 38.8 Å². The Balaban J connectivity index is 1.80. The van der Waals surface area contributed by atoms with Gasteiger partial charge in [-0.05, 0) is 25.0 Å². The summed E-state index contributed by atoms with van der Waals surface area (Å²) in [4.78, 5) is 32.0. The van der Waals surface area contributed by atoms with E-state index in [1.165, 1.54) is 12.1 Å². The summed E-state index contributed by atoms with van der Waals surface area (Å²) in [6.45, 7) is 2.78. The van der Waals surface area contributed by atoms with Crippen molar-refractivity contribution in [1.82, 2.24) is 25.1 Å². The van der Waals surface area contributed by atoms with Crippen molar-refractivity contribution in [2.75, 3.05) is 0 Å². The van der Waals surface area contributed by atoms with E-state index in [4.69, 9.17) is 17.3 Å². The molecule has 0 spiro atoms. The largest absolute Gasteiger partial charge is 0.366 e. The molecule has 1 atom stereocenters. The van der Waals surface area contributed by atoms with Gasteiger partial charge in [0.05, 0.1) is 11.6 Å². The van der Waals surface area contributed by atoms with E-state index in [0.29, 0.717) is 0 Å². The fraction of sp³-hybridized carbons (Fsp3) is 0.400. The summed E-state index contributed by atoms with van der Waals surface area (Å²) in [7, 11) is 0. The Hall–Kier alpha value is -2.48. The molecular formula is C15H17ClN6O2. The van der Waals surface area contributed by atoms with Crippen LogP contribution in [0.5, 0.6) is 0 Å². The van der Waals surface area contributed by atoms with E-state index in [-0.39, 0.29) is 28.4 Å². The van der Waals surface area contributed by atoms with E-state index in [2.05, 4.69) is 20.4 Å². The highest BCUT2D eigenvalue weighted by Crippen LogP contribution is 2.24. The van der Waals surface area contributed by atoms with Crippen LogP contribution in [0.4, 0.5) is 0 Å². The molecule has 0 radical (unpaired) electrons. The fourth-order valence-corrected chi connectivity index (χ4v) is 2.91. The molecule has 8 nitrogen and oxygen atoms in total. The van der Waals surface area contributed by atoms with Crippen LogP contribution in [-0.4, -0.2) is 31.6 Å². The molecule has 2 aromatic rings. The zero-order valence-electron chi connectivity index (χ0n) is 13.1. The third kappa shape index (κ3) is 3.09. The second kappa shape index (κ2) is 6.56. The van der Waals surface area contributed by atoms with Gasteiger partial charge in [0.25, 0.3) is 11.8 Å². The summed E-state index contributed by atoms with van der Waals surface area (Å²) >= 11 is 5.90. The maximum atomic E-state index is 12.4. The van der Waals surface area contributed by atoms with E-state index in [1.807, 2.05) is 11.6 Å². The molecular weight excluding hydrogens is 332 g/mol. The molecule has 0 aliphatic carbocycles. The number of halogens is 1. The van der Waals surface area contributed by atoms with Gasteiger partial charge in [-0.1, -0.05) is 18.5 Å². The minimum absolute atomic E-state index is 0.0817. The minimum Gasteiger partial charge on any atom is -0.366 e. The van der Waals surface area contributed by atoms with Gasteiger partial charge in [0, 0.05) is 13.0 Å². The lowest BCUT2D eigenvalue weighted by Gasteiger charge is -2.22. The third-order valence-corrected chi connectivity index (χ3v) is 4.18. The second-order valence-electron chi connectivity index (χ2n) is 5.53. The maximum absolute atomic E-state index is 12.4. The SMILES string of the molecule is CCc1nc2n(n1)CCC[C@H]2NC(=O)c1ccc(C(N)=O)c(Cl)n1. The van der Waals surface area contributed by atoms with Gasteiger partial charge in [0.15, 0.2) is 5.82 Å². The molecule has 0 unspecified atom stereocenters. The van der Waals surface area contributed by atoms with Gasteiger partial charge >= 0.3 is 0 Å². The number of hydrogen-bond acceptors (Lipinski definition) is 5. The Morgan fingerprint density at radius 3 is 2.88 bits per heavy atom. The van der Waals surface area contributed by atoms with E-state index >= 15 is 0 Å². The number of aryl methyl sites for hydroxylation is 2. The highest BCUT2D eigenvalue weighted by molar-refractivity contribution is 6.32. The van der Waals surface area contributed by atoms with Crippen molar-refractivity contribution in [2.24, 2.45) is 5.73 Å². The number of nitrogens with two attached hydrogens (primary N) is 1. The van der Waals surface area contributed by atoms with Gasteiger partial charge in [-0.3, -0.25) is 9.59 Å². The van der Waals surface area contributed by atoms with Crippen molar-refractivity contribution in [3.8, 4) is 0 Å². The number of primary amides is 1. The van der Waals surface area contributed by atoms with Crippen LogP contribution in [-0.2, 0) is 13.0 Å². The number of aromatic nitrogens is 4. The van der Waals surface area contributed by atoms with Crippen molar-refractivity contribution < 1.29 is 9.59 Å². The van der Waals surface area contributed by atoms with Crippen molar-refractivity contribution in [3.63, 3.8) is 0 Å². The number of nitrogens with one attached hydrogen (secondary N) is 1. The second-order valence-corrected chi connectivity index (χ2v) is 5.89. The van der Waals surface area contributed by atoms with Crippen LogP contribution in [0.1, 0.15) is 58.3 Å². The van der Waals surface area contributed by atoms with Crippen LogP contribution in [0.15, 0.2) is 12.1 Å². The average Bonchev–Trinajstić information content (AvgIpc) is 2.98. The van der Waals surface area contributed by atoms with Crippen LogP contribution in [0.2, 0.25) is 5.15 Å². The first-order valence-electron chi connectivity index (χ1n) is 7.70. The summed E-state index contributed by atoms with van der Waals surface area (Å²) in [6.07, 6.45) is 2.42. The van der Waals surface area contributed by atoms with Gasteiger partial charge in [0.2, 0.25) is 0 Å². The van der Waals surface area contributed by atoms with Crippen LogP contribution in [0, 0.1) is 0 Å². The number of nitrogens with zero attached hydrogens (tertiary/aromatic N) is 4. The lowest BCUT2D eigenvalue weighted by atomic mass is 10.1. The van der Waals surface area contributed by atoms with Crippen molar-refractivity contribution in [1.29, 1.82) is 0 Å². The van der Waals surface area contributed by atoms with Crippen LogP contribution >= 0.6 is 11.6 Å². The van der Waals surface area contributed by atoms with Crippen LogP contribution < -0.4 is 11.1 Å². The molecule has 126 valence electrons. The lowest BCUT2D eigenvalue weighted by molar-refractivity contribution is 0.0920.